The number of nitrogens with one attached hydrogen (secondary N) is 1. The van der Waals surface area contributed by atoms with E-state index in [0.717, 1.165) is 51.7 Å². The molecule has 1 amide bonds. The van der Waals surface area contributed by atoms with Crippen LogP contribution in [0.25, 0.3) is 0 Å². The van der Waals surface area contributed by atoms with Crippen molar-refractivity contribution in [1.82, 2.24) is 10.2 Å². The predicted octanol–water partition coefficient (Wildman–Crippen LogP) is 3.01. The Balaban J connectivity index is 0.000000339. The molecule has 2 aliphatic heterocycles. The zero-order chi connectivity index (χ0) is 22.4. The van der Waals surface area contributed by atoms with Crippen molar-refractivity contribution in [3.63, 3.8) is 0 Å². The van der Waals surface area contributed by atoms with Gasteiger partial charge < -0.3 is 20.1 Å². The molecule has 3 aliphatic rings. The van der Waals surface area contributed by atoms with Crippen LogP contribution < -0.4 is 5.32 Å². The number of nitrogens with zero attached hydrogens (tertiary/aromatic N) is 1. The van der Waals surface area contributed by atoms with Gasteiger partial charge in [-0.3, -0.25) is 4.79 Å². The first-order valence-electron chi connectivity index (χ1n) is 10.7. The number of ether oxygens (including phenoxy) is 1. The Labute approximate surface area is 179 Å². The maximum atomic E-state index is 12.3. The van der Waals surface area contributed by atoms with Gasteiger partial charge in [0, 0.05) is 19.1 Å². The van der Waals surface area contributed by atoms with E-state index in [0.29, 0.717) is 12.0 Å². The molecule has 31 heavy (non-hydrogen) atoms. The topological polar surface area (TPSA) is 78.9 Å². The van der Waals surface area contributed by atoms with E-state index in [1.165, 1.54) is 12.0 Å². The first kappa shape index (κ1) is 23.5. The van der Waals surface area contributed by atoms with Crippen molar-refractivity contribution < 1.29 is 32.6 Å². The molecule has 4 rings (SSSR count). The van der Waals surface area contributed by atoms with Gasteiger partial charge in [-0.2, -0.15) is 13.2 Å². The highest BCUT2D eigenvalue weighted by molar-refractivity contribution is 5.81. The van der Waals surface area contributed by atoms with Crippen molar-refractivity contribution in [3.05, 3.63) is 35.9 Å². The van der Waals surface area contributed by atoms with Crippen molar-refractivity contribution in [1.29, 1.82) is 0 Å². The number of alkyl halides is 3. The maximum Gasteiger partial charge on any atom is 0.490 e. The minimum absolute atomic E-state index is 0.130. The summed E-state index contributed by atoms with van der Waals surface area (Å²) in [7, 11) is 0. The highest BCUT2D eigenvalue weighted by atomic mass is 19.4. The third-order valence-corrected chi connectivity index (χ3v) is 6.18. The number of carbonyl (C=O) groups is 2. The van der Waals surface area contributed by atoms with Gasteiger partial charge in [0.25, 0.3) is 0 Å². The van der Waals surface area contributed by atoms with E-state index in [1.54, 1.807) is 0 Å². The Morgan fingerprint density at radius 1 is 1.16 bits per heavy atom. The number of likely N-dealkylation sites (tertiary alicyclic amines) is 1. The fraction of sp³-hybridized carbons (Fsp3) is 0.636. The number of aliphatic carboxylic acids is 1. The molecule has 2 N–H and O–H groups in total. The number of rotatable bonds is 5. The van der Waals surface area contributed by atoms with Gasteiger partial charge in [-0.15, -0.1) is 0 Å². The smallest absolute Gasteiger partial charge is 0.475 e. The number of amides is 1. The molecule has 2 heterocycles. The van der Waals surface area contributed by atoms with Crippen LogP contribution in [0.3, 0.4) is 0 Å². The lowest BCUT2D eigenvalue weighted by atomic mass is 9.90. The molecule has 0 bridgehead atoms. The van der Waals surface area contributed by atoms with E-state index in [1.807, 2.05) is 0 Å². The SMILES string of the molecule is O=C(NC1CCC1)[C@@H]1C[C@@H]2CCN(CCc3ccccc3)C[C@@H]2O1.O=C(O)C(F)(F)F. The fourth-order valence-corrected chi connectivity index (χ4v) is 4.14. The fourth-order valence-electron chi connectivity index (χ4n) is 4.14. The molecule has 172 valence electrons. The lowest BCUT2D eigenvalue weighted by molar-refractivity contribution is -0.192. The number of carboxylic acids is 1. The number of benzene rings is 1. The standard InChI is InChI=1S/C20H28N2O2.C2HF3O2/c23-20(21-17-7-4-8-17)18-13-16-10-12-22(14-19(16)24-18)11-9-15-5-2-1-3-6-15;3-2(4,5)1(6)7/h1-3,5-6,16-19H,4,7-14H2,(H,21,23);(H,6,7)/t16-,18-,19-;/m0./s1. The first-order valence-corrected chi connectivity index (χ1v) is 10.7. The molecule has 0 spiro atoms. The number of carbonyl (C=O) groups excluding carboxylic acids is 1. The van der Waals surface area contributed by atoms with Crippen molar-refractivity contribution in [2.24, 2.45) is 5.92 Å². The lowest BCUT2D eigenvalue weighted by Gasteiger charge is -2.34. The second kappa shape index (κ2) is 10.5. The van der Waals surface area contributed by atoms with E-state index < -0.39 is 12.1 Å². The van der Waals surface area contributed by atoms with Gasteiger partial charge in [-0.25, -0.2) is 4.79 Å². The van der Waals surface area contributed by atoms with Gasteiger partial charge in [0.1, 0.15) is 6.10 Å². The third-order valence-electron chi connectivity index (χ3n) is 6.18. The van der Waals surface area contributed by atoms with Crippen LogP contribution in [0.15, 0.2) is 30.3 Å². The maximum absolute atomic E-state index is 12.3. The summed E-state index contributed by atoms with van der Waals surface area (Å²) in [6.07, 6.45) is 1.63. The van der Waals surface area contributed by atoms with Crippen molar-refractivity contribution in [2.75, 3.05) is 19.6 Å². The van der Waals surface area contributed by atoms with Gasteiger partial charge >= 0.3 is 12.1 Å². The molecular formula is C22H29F3N2O4. The van der Waals surface area contributed by atoms with Gasteiger partial charge in [-0.05, 0) is 56.6 Å². The van der Waals surface area contributed by atoms with Gasteiger partial charge in [0.2, 0.25) is 5.91 Å². The number of fused-ring (bicyclic) bond motifs is 1. The molecule has 1 saturated carbocycles. The zero-order valence-electron chi connectivity index (χ0n) is 17.3. The van der Waals surface area contributed by atoms with E-state index in [2.05, 4.69) is 40.5 Å². The Kier molecular flexibility index (Phi) is 7.94. The lowest BCUT2D eigenvalue weighted by Crippen LogP contribution is -2.45. The summed E-state index contributed by atoms with van der Waals surface area (Å²) in [5.74, 6) is -2.06. The molecule has 0 radical (unpaired) electrons. The second-order valence-corrected chi connectivity index (χ2v) is 8.42. The Morgan fingerprint density at radius 2 is 1.84 bits per heavy atom. The summed E-state index contributed by atoms with van der Waals surface area (Å²) in [5.41, 5.74) is 1.39. The summed E-state index contributed by atoms with van der Waals surface area (Å²) in [5, 5.41) is 10.3. The first-order chi connectivity index (χ1) is 14.7. The zero-order valence-corrected chi connectivity index (χ0v) is 17.3. The minimum Gasteiger partial charge on any atom is -0.475 e. The van der Waals surface area contributed by atoms with Crippen LogP contribution in [0.1, 0.15) is 37.7 Å². The van der Waals surface area contributed by atoms with Gasteiger partial charge in [-0.1, -0.05) is 30.3 Å². The third kappa shape index (κ3) is 6.93. The summed E-state index contributed by atoms with van der Waals surface area (Å²) in [4.78, 5) is 23.7. The molecule has 9 heteroatoms. The highest BCUT2D eigenvalue weighted by Gasteiger charge is 2.42. The van der Waals surface area contributed by atoms with E-state index in [4.69, 9.17) is 14.6 Å². The number of hydrogen-bond acceptors (Lipinski definition) is 4. The van der Waals surface area contributed by atoms with Crippen LogP contribution in [-0.4, -0.2) is 65.9 Å². The van der Waals surface area contributed by atoms with Crippen LogP contribution in [0, 0.1) is 5.92 Å². The molecule has 2 saturated heterocycles. The number of hydrogen-bond donors (Lipinski definition) is 2. The molecule has 3 atom stereocenters. The average molecular weight is 442 g/mol. The Bertz CT molecular complexity index is 740. The van der Waals surface area contributed by atoms with Gasteiger partial charge in [0.15, 0.2) is 0 Å². The molecule has 3 fully saturated rings. The Hall–Kier alpha value is -2.13. The van der Waals surface area contributed by atoms with E-state index in [9.17, 15) is 18.0 Å². The van der Waals surface area contributed by atoms with Crippen LogP contribution in [0.5, 0.6) is 0 Å². The molecular weight excluding hydrogens is 413 g/mol. The molecule has 0 aromatic heterocycles. The van der Waals surface area contributed by atoms with Gasteiger partial charge in [0.05, 0.1) is 6.10 Å². The quantitative estimate of drug-likeness (QED) is 0.733. The normalized spacial score (nSPS) is 26.2. The minimum atomic E-state index is -5.08. The summed E-state index contributed by atoms with van der Waals surface area (Å²) in [6, 6.07) is 11.1. The van der Waals surface area contributed by atoms with E-state index in [-0.39, 0.29) is 18.1 Å². The highest BCUT2D eigenvalue weighted by Crippen LogP contribution is 2.33. The van der Waals surface area contributed by atoms with Crippen LogP contribution in [-0.2, 0) is 20.7 Å². The van der Waals surface area contributed by atoms with Crippen LogP contribution >= 0.6 is 0 Å². The largest absolute Gasteiger partial charge is 0.490 e. The van der Waals surface area contributed by atoms with Crippen LogP contribution in [0.4, 0.5) is 13.2 Å². The molecule has 1 aromatic rings. The molecule has 1 aliphatic carbocycles. The van der Waals surface area contributed by atoms with Crippen molar-refractivity contribution >= 4 is 11.9 Å². The second-order valence-electron chi connectivity index (χ2n) is 8.42. The van der Waals surface area contributed by atoms with E-state index >= 15 is 0 Å². The molecule has 1 aromatic carbocycles. The molecule has 0 unspecified atom stereocenters. The number of halogens is 3. The summed E-state index contributed by atoms with van der Waals surface area (Å²) < 4.78 is 37.9. The molecule has 6 nitrogen and oxygen atoms in total. The summed E-state index contributed by atoms with van der Waals surface area (Å²) in [6.45, 7) is 3.19. The number of carboxylic acid groups (broad SMARTS) is 1. The Morgan fingerprint density at radius 3 is 2.42 bits per heavy atom. The predicted molar refractivity (Wildman–Crippen MR) is 107 cm³/mol. The van der Waals surface area contributed by atoms with Crippen LogP contribution in [0.2, 0.25) is 0 Å². The van der Waals surface area contributed by atoms with Crippen molar-refractivity contribution in [2.45, 2.75) is 63.0 Å². The van der Waals surface area contributed by atoms with Crippen molar-refractivity contribution in [3.8, 4) is 0 Å². The summed E-state index contributed by atoms with van der Waals surface area (Å²) >= 11 is 0. The average Bonchev–Trinajstić information content (AvgIpc) is 3.13. The monoisotopic (exact) mass is 442 g/mol. The number of piperidine rings is 1.